The van der Waals surface area contributed by atoms with Crippen LogP contribution < -0.4 is 0 Å². The number of fused-ring (bicyclic) bond motifs is 2. The highest BCUT2D eigenvalue weighted by molar-refractivity contribution is 6.27. The molecule has 0 saturated heterocycles. The first kappa shape index (κ1) is 17.9. The van der Waals surface area contributed by atoms with E-state index in [0.717, 1.165) is 41.9 Å². The van der Waals surface area contributed by atoms with Crippen LogP contribution in [-0.4, -0.2) is 32.7 Å². The van der Waals surface area contributed by atoms with Crippen LogP contribution in [0.1, 0.15) is 29.1 Å². The van der Waals surface area contributed by atoms with Crippen LogP contribution in [0.2, 0.25) is 0 Å². The average Bonchev–Trinajstić information content (AvgIpc) is 2.71. The average molecular weight is 380 g/mol. The zero-order valence-electron chi connectivity index (χ0n) is 15.4. The van der Waals surface area contributed by atoms with Crippen molar-refractivity contribution in [2.24, 2.45) is 0 Å². The van der Waals surface area contributed by atoms with Crippen molar-refractivity contribution in [1.29, 1.82) is 0 Å². The number of amides is 1. The Morgan fingerprint density at radius 2 is 2.04 bits per heavy atom. The van der Waals surface area contributed by atoms with Gasteiger partial charge in [0, 0.05) is 24.5 Å². The van der Waals surface area contributed by atoms with Crippen LogP contribution in [0.5, 0.6) is 0 Å². The van der Waals surface area contributed by atoms with Crippen LogP contribution in [0.3, 0.4) is 0 Å². The minimum Gasteiger partial charge on any atom is -0.334 e. The lowest BCUT2D eigenvalue weighted by atomic mass is 9.91. The molecule has 1 unspecified atom stereocenters. The molecule has 4 nitrogen and oxygen atoms in total. The van der Waals surface area contributed by atoms with E-state index < -0.39 is 0 Å². The molecule has 0 fully saturated rings. The minimum absolute atomic E-state index is 0.00133. The Balaban J connectivity index is 1.59. The quantitative estimate of drug-likeness (QED) is 0.642. The van der Waals surface area contributed by atoms with Crippen LogP contribution in [0, 0.1) is 6.92 Å². The predicted octanol–water partition coefficient (Wildman–Crippen LogP) is 4.06. The van der Waals surface area contributed by atoms with Gasteiger partial charge in [0.1, 0.15) is 11.7 Å². The Bertz CT molecular complexity index is 988. The van der Waals surface area contributed by atoms with Crippen molar-refractivity contribution in [3.63, 3.8) is 0 Å². The van der Waals surface area contributed by atoms with E-state index in [4.69, 9.17) is 11.6 Å². The number of carbonyl (C=O) groups excluding carboxylic acids is 1. The molecular weight excluding hydrogens is 358 g/mol. The van der Waals surface area contributed by atoms with Crippen LogP contribution in [0.4, 0.5) is 0 Å². The molecule has 27 heavy (non-hydrogen) atoms. The number of carbonyl (C=O) groups is 1. The zero-order valence-corrected chi connectivity index (χ0v) is 16.1. The SMILES string of the molecule is Cc1ncc2c(n1)CCC(N(Cc1ccc3ccccc3c1)C(=O)CCl)C2. The lowest BCUT2D eigenvalue weighted by Gasteiger charge is -2.34. The molecule has 1 aliphatic rings. The summed E-state index contributed by atoms with van der Waals surface area (Å²) in [6.07, 6.45) is 4.46. The summed E-state index contributed by atoms with van der Waals surface area (Å²) < 4.78 is 0. The summed E-state index contributed by atoms with van der Waals surface area (Å²) in [4.78, 5) is 23.4. The molecule has 5 heteroatoms. The summed E-state index contributed by atoms with van der Waals surface area (Å²) >= 11 is 5.93. The van der Waals surface area contributed by atoms with Crippen LogP contribution in [0.15, 0.2) is 48.7 Å². The molecule has 0 radical (unpaired) electrons. The Kier molecular flexibility index (Phi) is 5.08. The second kappa shape index (κ2) is 7.65. The van der Waals surface area contributed by atoms with Crippen molar-refractivity contribution in [3.05, 3.63) is 71.3 Å². The summed E-state index contributed by atoms with van der Waals surface area (Å²) in [6.45, 7) is 2.48. The molecule has 0 saturated carbocycles. The molecule has 0 spiro atoms. The van der Waals surface area contributed by atoms with Crippen molar-refractivity contribution >= 4 is 28.3 Å². The fraction of sp³-hybridized carbons (Fsp3) is 0.318. The molecule has 1 amide bonds. The summed E-state index contributed by atoms with van der Waals surface area (Å²) in [7, 11) is 0. The number of hydrogen-bond donors (Lipinski definition) is 0. The van der Waals surface area contributed by atoms with E-state index in [1.807, 2.05) is 30.2 Å². The van der Waals surface area contributed by atoms with Crippen LogP contribution in [-0.2, 0) is 24.2 Å². The summed E-state index contributed by atoms with van der Waals surface area (Å²) in [6, 6.07) is 14.8. The van der Waals surface area contributed by atoms with E-state index in [1.165, 1.54) is 10.8 Å². The zero-order chi connectivity index (χ0) is 18.8. The van der Waals surface area contributed by atoms with Gasteiger partial charge in [-0.3, -0.25) is 4.79 Å². The fourth-order valence-electron chi connectivity index (χ4n) is 3.89. The Morgan fingerprint density at radius 3 is 2.85 bits per heavy atom. The van der Waals surface area contributed by atoms with E-state index in [0.29, 0.717) is 6.54 Å². The summed E-state index contributed by atoms with van der Waals surface area (Å²) in [5.74, 6) is 0.782. The van der Waals surface area contributed by atoms with E-state index in [1.54, 1.807) is 0 Å². The van der Waals surface area contributed by atoms with Gasteiger partial charge in [-0.15, -0.1) is 11.6 Å². The molecule has 138 valence electrons. The first-order valence-corrected chi connectivity index (χ1v) is 9.82. The Morgan fingerprint density at radius 1 is 1.22 bits per heavy atom. The second-order valence-corrected chi connectivity index (χ2v) is 7.39. The normalized spacial score (nSPS) is 16.1. The van der Waals surface area contributed by atoms with Crippen molar-refractivity contribution in [1.82, 2.24) is 14.9 Å². The highest BCUT2D eigenvalue weighted by atomic mass is 35.5. The largest absolute Gasteiger partial charge is 0.334 e. The van der Waals surface area contributed by atoms with Gasteiger partial charge in [0.05, 0.1) is 0 Å². The first-order valence-electron chi connectivity index (χ1n) is 9.28. The fourth-order valence-corrected chi connectivity index (χ4v) is 4.04. The molecule has 0 bridgehead atoms. The number of nitrogens with zero attached hydrogens (tertiary/aromatic N) is 3. The third-order valence-corrected chi connectivity index (χ3v) is 5.52. The van der Waals surface area contributed by atoms with Gasteiger partial charge in [0.2, 0.25) is 5.91 Å². The molecule has 1 aromatic heterocycles. The molecule has 1 aliphatic carbocycles. The molecule has 0 aliphatic heterocycles. The molecule has 4 rings (SSSR count). The Labute approximate surface area is 164 Å². The molecule has 3 aromatic rings. The van der Waals surface area contributed by atoms with E-state index >= 15 is 0 Å². The van der Waals surface area contributed by atoms with Crippen LogP contribution in [0.25, 0.3) is 10.8 Å². The third-order valence-electron chi connectivity index (χ3n) is 5.29. The van der Waals surface area contributed by atoms with Gasteiger partial charge in [-0.05, 0) is 54.2 Å². The molecule has 1 atom stereocenters. The van der Waals surface area contributed by atoms with Gasteiger partial charge in [0.15, 0.2) is 0 Å². The van der Waals surface area contributed by atoms with Gasteiger partial charge >= 0.3 is 0 Å². The van der Waals surface area contributed by atoms with E-state index in [-0.39, 0.29) is 17.8 Å². The molecule has 2 aromatic carbocycles. The number of alkyl halides is 1. The highest BCUT2D eigenvalue weighted by Gasteiger charge is 2.28. The van der Waals surface area contributed by atoms with Crippen molar-refractivity contribution in [2.75, 3.05) is 5.88 Å². The molecular formula is C22H22ClN3O. The standard InChI is InChI=1S/C22H22ClN3O/c1-15-24-13-19-11-20(8-9-21(19)25-15)26(22(27)12-23)14-16-6-7-17-4-2-3-5-18(17)10-16/h2-7,10,13,20H,8-9,11-12,14H2,1H3. The van der Waals surface area contributed by atoms with E-state index in [2.05, 4.69) is 40.3 Å². The topological polar surface area (TPSA) is 46.1 Å². The van der Waals surface area contributed by atoms with Crippen molar-refractivity contribution in [2.45, 2.75) is 38.8 Å². The summed E-state index contributed by atoms with van der Waals surface area (Å²) in [5, 5.41) is 2.39. The van der Waals surface area contributed by atoms with Crippen molar-refractivity contribution < 1.29 is 4.79 Å². The monoisotopic (exact) mass is 379 g/mol. The van der Waals surface area contributed by atoms with Crippen molar-refractivity contribution in [3.8, 4) is 0 Å². The van der Waals surface area contributed by atoms with Gasteiger partial charge in [-0.2, -0.15) is 0 Å². The van der Waals surface area contributed by atoms with Gasteiger partial charge in [-0.25, -0.2) is 9.97 Å². The number of benzene rings is 2. The van der Waals surface area contributed by atoms with Crippen LogP contribution >= 0.6 is 11.6 Å². The third kappa shape index (κ3) is 3.81. The van der Waals surface area contributed by atoms with E-state index in [9.17, 15) is 4.79 Å². The maximum absolute atomic E-state index is 12.6. The second-order valence-electron chi connectivity index (χ2n) is 7.12. The lowest BCUT2D eigenvalue weighted by molar-refractivity contribution is -0.131. The molecule has 0 N–H and O–H groups in total. The highest BCUT2D eigenvalue weighted by Crippen LogP contribution is 2.25. The number of rotatable bonds is 4. The molecule has 1 heterocycles. The predicted molar refractivity (Wildman–Crippen MR) is 108 cm³/mol. The minimum atomic E-state index is -0.0219. The maximum Gasteiger partial charge on any atom is 0.238 e. The maximum atomic E-state index is 12.6. The van der Waals surface area contributed by atoms with Gasteiger partial charge in [-0.1, -0.05) is 36.4 Å². The number of aryl methyl sites for hydroxylation is 2. The van der Waals surface area contributed by atoms with Gasteiger partial charge < -0.3 is 4.90 Å². The number of aromatic nitrogens is 2. The summed E-state index contributed by atoms with van der Waals surface area (Å²) in [5.41, 5.74) is 3.38. The smallest absolute Gasteiger partial charge is 0.238 e. The lowest BCUT2D eigenvalue weighted by Crippen LogP contribution is -2.43. The Hall–Kier alpha value is -2.46. The first-order chi connectivity index (χ1) is 13.1. The van der Waals surface area contributed by atoms with Gasteiger partial charge in [0.25, 0.3) is 0 Å². The number of halogens is 1. The number of hydrogen-bond acceptors (Lipinski definition) is 3.